The van der Waals surface area contributed by atoms with Crippen LogP contribution in [0.3, 0.4) is 0 Å². The fourth-order valence-corrected chi connectivity index (χ4v) is 2.54. The summed E-state index contributed by atoms with van der Waals surface area (Å²) in [4.78, 5) is 23.1. The number of carbonyl (C=O) groups excluding carboxylic acids is 2. The Bertz CT molecular complexity index is 871. The molecule has 0 saturated carbocycles. The Morgan fingerprint density at radius 3 is 2.54 bits per heavy atom. The normalized spacial score (nSPS) is 10.6. The first-order valence-electron chi connectivity index (χ1n) is 8.06. The molecule has 0 unspecified atom stereocenters. The van der Waals surface area contributed by atoms with Gasteiger partial charge in [0.05, 0.1) is 26.9 Å². The molecule has 2 rings (SSSR count). The monoisotopic (exact) mass is 452 g/mol. The van der Waals surface area contributed by atoms with Gasteiger partial charge in [0.1, 0.15) is 5.82 Å². The van der Waals surface area contributed by atoms with Crippen molar-refractivity contribution in [3.63, 3.8) is 0 Å². The van der Waals surface area contributed by atoms with Gasteiger partial charge in [-0.25, -0.2) is 14.6 Å². The molecular weight excluding hydrogens is 435 g/mol. The number of carbonyl (C=O) groups is 2. The van der Waals surface area contributed by atoms with Crippen molar-refractivity contribution in [3.05, 3.63) is 57.8 Å². The van der Waals surface area contributed by atoms with Gasteiger partial charge in [0.25, 0.3) is 0 Å². The third-order valence-electron chi connectivity index (χ3n) is 3.53. The van der Waals surface area contributed by atoms with Crippen molar-refractivity contribution < 1.29 is 28.2 Å². The SMILES string of the molecule is COC(=O)COc1cc(Br)c(/C=N/NC(=O)Cc2ccc(F)cc2)cc1OC. The summed E-state index contributed by atoms with van der Waals surface area (Å²) >= 11 is 3.37. The minimum Gasteiger partial charge on any atom is -0.493 e. The maximum Gasteiger partial charge on any atom is 0.343 e. The van der Waals surface area contributed by atoms with Gasteiger partial charge in [-0.2, -0.15) is 5.10 Å². The lowest BCUT2D eigenvalue weighted by Gasteiger charge is -2.11. The number of nitrogens with zero attached hydrogens (tertiary/aromatic N) is 1. The number of esters is 1. The molecule has 9 heteroatoms. The summed E-state index contributed by atoms with van der Waals surface area (Å²) in [7, 11) is 2.72. The average molecular weight is 453 g/mol. The lowest BCUT2D eigenvalue weighted by molar-refractivity contribution is -0.142. The lowest BCUT2D eigenvalue weighted by Crippen LogP contribution is -2.19. The van der Waals surface area contributed by atoms with Crippen LogP contribution in [0.15, 0.2) is 46.0 Å². The highest BCUT2D eigenvalue weighted by Gasteiger charge is 2.11. The molecule has 0 spiro atoms. The molecule has 2 aromatic carbocycles. The zero-order valence-corrected chi connectivity index (χ0v) is 16.8. The number of hydrazone groups is 1. The number of hydrogen-bond acceptors (Lipinski definition) is 6. The molecule has 0 saturated heterocycles. The second-order valence-corrected chi connectivity index (χ2v) is 6.34. The van der Waals surface area contributed by atoms with Crippen LogP contribution >= 0.6 is 15.9 Å². The van der Waals surface area contributed by atoms with Gasteiger partial charge in [-0.3, -0.25) is 4.79 Å². The van der Waals surface area contributed by atoms with Gasteiger partial charge in [0, 0.05) is 10.0 Å². The molecule has 7 nitrogen and oxygen atoms in total. The Balaban J connectivity index is 2.01. The van der Waals surface area contributed by atoms with Gasteiger partial charge >= 0.3 is 5.97 Å². The molecule has 0 bridgehead atoms. The quantitative estimate of drug-likeness (QED) is 0.378. The van der Waals surface area contributed by atoms with Crippen LogP contribution in [0.4, 0.5) is 4.39 Å². The maximum atomic E-state index is 12.9. The third kappa shape index (κ3) is 6.34. The fraction of sp³-hybridized carbons (Fsp3) is 0.211. The van der Waals surface area contributed by atoms with E-state index in [9.17, 15) is 14.0 Å². The van der Waals surface area contributed by atoms with E-state index in [-0.39, 0.29) is 24.8 Å². The molecule has 1 N–H and O–H groups in total. The number of methoxy groups -OCH3 is 2. The number of halogens is 2. The standard InChI is InChI=1S/C19H18BrFN2O5/c1-26-16-8-13(15(20)9-17(16)28-11-19(25)27-2)10-22-23-18(24)7-12-3-5-14(21)6-4-12/h3-6,8-10H,7,11H2,1-2H3,(H,23,24)/b22-10+. The smallest absolute Gasteiger partial charge is 0.343 e. The molecule has 0 radical (unpaired) electrons. The summed E-state index contributed by atoms with van der Waals surface area (Å²) in [6.45, 7) is -0.258. The molecule has 0 aliphatic rings. The van der Waals surface area contributed by atoms with E-state index in [1.54, 1.807) is 12.1 Å². The highest BCUT2D eigenvalue weighted by molar-refractivity contribution is 9.10. The summed E-state index contributed by atoms with van der Waals surface area (Å²) < 4.78 is 28.6. The van der Waals surface area contributed by atoms with Crippen molar-refractivity contribution in [3.8, 4) is 11.5 Å². The molecule has 2 aromatic rings. The van der Waals surface area contributed by atoms with Crippen LogP contribution in [0.5, 0.6) is 11.5 Å². The predicted molar refractivity (Wildman–Crippen MR) is 104 cm³/mol. The van der Waals surface area contributed by atoms with Gasteiger partial charge in [0.15, 0.2) is 18.1 Å². The van der Waals surface area contributed by atoms with Crippen molar-refractivity contribution in [1.29, 1.82) is 0 Å². The predicted octanol–water partition coefficient (Wildman–Crippen LogP) is 2.84. The zero-order chi connectivity index (χ0) is 20.5. The first-order valence-corrected chi connectivity index (χ1v) is 8.85. The van der Waals surface area contributed by atoms with E-state index in [1.807, 2.05) is 0 Å². The second-order valence-electron chi connectivity index (χ2n) is 5.49. The Labute approximate surface area is 169 Å². The van der Waals surface area contributed by atoms with Crippen LogP contribution < -0.4 is 14.9 Å². The van der Waals surface area contributed by atoms with Gasteiger partial charge in [-0.15, -0.1) is 0 Å². The molecule has 0 aliphatic carbocycles. The first kappa shape index (κ1) is 21.4. The van der Waals surface area contributed by atoms with Crippen LogP contribution in [0.2, 0.25) is 0 Å². The number of ether oxygens (including phenoxy) is 3. The minimum absolute atomic E-state index is 0.0718. The van der Waals surface area contributed by atoms with Crippen LogP contribution in [-0.4, -0.2) is 38.9 Å². The first-order chi connectivity index (χ1) is 13.4. The highest BCUT2D eigenvalue weighted by atomic mass is 79.9. The Hall–Kier alpha value is -2.94. The lowest BCUT2D eigenvalue weighted by atomic mass is 10.1. The van der Waals surface area contributed by atoms with Crippen molar-refractivity contribution in [1.82, 2.24) is 5.43 Å². The zero-order valence-electron chi connectivity index (χ0n) is 15.2. The summed E-state index contributed by atoms with van der Waals surface area (Å²) in [5, 5.41) is 3.91. The summed E-state index contributed by atoms with van der Waals surface area (Å²) in [5.41, 5.74) is 3.69. The molecule has 1 amide bonds. The van der Waals surface area contributed by atoms with Gasteiger partial charge in [-0.1, -0.05) is 12.1 Å². The molecule has 0 atom stereocenters. The van der Waals surface area contributed by atoms with E-state index >= 15 is 0 Å². The topological polar surface area (TPSA) is 86.2 Å². The van der Waals surface area contributed by atoms with E-state index in [1.165, 1.54) is 44.7 Å². The highest BCUT2D eigenvalue weighted by Crippen LogP contribution is 2.32. The van der Waals surface area contributed by atoms with E-state index in [0.717, 1.165) is 0 Å². The Morgan fingerprint density at radius 2 is 1.89 bits per heavy atom. The van der Waals surface area contributed by atoms with Crippen LogP contribution in [0.25, 0.3) is 0 Å². The van der Waals surface area contributed by atoms with Crippen LogP contribution in [0, 0.1) is 5.82 Å². The third-order valence-corrected chi connectivity index (χ3v) is 4.21. The summed E-state index contributed by atoms with van der Waals surface area (Å²) in [6.07, 6.45) is 1.50. The largest absolute Gasteiger partial charge is 0.493 e. The van der Waals surface area contributed by atoms with E-state index in [4.69, 9.17) is 9.47 Å². The molecule has 148 valence electrons. The van der Waals surface area contributed by atoms with Crippen LogP contribution in [-0.2, 0) is 20.7 Å². The van der Waals surface area contributed by atoms with Crippen molar-refractivity contribution in [2.75, 3.05) is 20.8 Å². The second kappa shape index (κ2) is 10.4. The maximum absolute atomic E-state index is 12.9. The van der Waals surface area contributed by atoms with Crippen molar-refractivity contribution in [2.45, 2.75) is 6.42 Å². The number of nitrogens with one attached hydrogen (secondary N) is 1. The van der Waals surface area contributed by atoms with Crippen molar-refractivity contribution in [2.24, 2.45) is 5.10 Å². The van der Waals surface area contributed by atoms with Gasteiger partial charge in [0.2, 0.25) is 5.91 Å². The van der Waals surface area contributed by atoms with Gasteiger partial charge < -0.3 is 14.2 Å². The number of rotatable bonds is 8. The Morgan fingerprint density at radius 1 is 1.18 bits per heavy atom. The Kier molecular flexibility index (Phi) is 7.94. The number of amides is 1. The van der Waals surface area contributed by atoms with Crippen molar-refractivity contribution >= 4 is 34.0 Å². The molecule has 0 aliphatic heterocycles. The molecule has 0 aromatic heterocycles. The van der Waals surface area contributed by atoms with Crippen LogP contribution in [0.1, 0.15) is 11.1 Å². The molecule has 0 heterocycles. The van der Waals surface area contributed by atoms with E-state index in [2.05, 4.69) is 31.2 Å². The van der Waals surface area contributed by atoms with E-state index in [0.29, 0.717) is 27.1 Å². The summed E-state index contributed by atoms with van der Waals surface area (Å²) in [5.74, 6) is -0.500. The van der Waals surface area contributed by atoms with Gasteiger partial charge in [-0.05, 0) is 45.8 Å². The molecular formula is C19H18BrFN2O5. The molecule has 0 fully saturated rings. The van der Waals surface area contributed by atoms with E-state index < -0.39 is 5.97 Å². The number of hydrogen-bond donors (Lipinski definition) is 1. The average Bonchev–Trinajstić information content (AvgIpc) is 2.69. The fourth-order valence-electron chi connectivity index (χ4n) is 2.12. The molecule has 28 heavy (non-hydrogen) atoms. The minimum atomic E-state index is -0.521. The number of benzene rings is 2. The summed E-state index contributed by atoms with van der Waals surface area (Å²) in [6, 6.07) is 8.90.